The summed E-state index contributed by atoms with van der Waals surface area (Å²) in [6.45, 7) is 6.59. The summed E-state index contributed by atoms with van der Waals surface area (Å²) in [7, 11) is 2.03. The Morgan fingerprint density at radius 1 is 1.32 bits per heavy atom. The maximum absolute atomic E-state index is 4.54. The average Bonchev–Trinajstić information content (AvgIpc) is 2.66. The van der Waals surface area contributed by atoms with E-state index in [1.54, 1.807) is 0 Å². The van der Waals surface area contributed by atoms with Crippen molar-refractivity contribution in [3.8, 4) is 0 Å². The molecular weight excluding hydrogens is 302 g/mol. The van der Waals surface area contributed by atoms with E-state index in [1.165, 1.54) is 42.3 Å². The fraction of sp³-hybridized carbons (Fsp3) is 0.800. The molecule has 0 spiro atoms. The molecule has 0 amide bonds. The normalized spacial score (nSPS) is 18.7. The van der Waals surface area contributed by atoms with Crippen LogP contribution in [-0.4, -0.2) is 16.3 Å². The second kappa shape index (κ2) is 6.40. The van der Waals surface area contributed by atoms with Gasteiger partial charge in [-0.3, -0.25) is 4.68 Å². The highest BCUT2D eigenvalue weighted by molar-refractivity contribution is 9.10. The van der Waals surface area contributed by atoms with Crippen molar-refractivity contribution in [2.75, 3.05) is 6.54 Å². The first-order valence-electron chi connectivity index (χ1n) is 7.47. The number of nitrogens with zero attached hydrogens (tertiary/aromatic N) is 2. The number of halogens is 1. The summed E-state index contributed by atoms with van der Waals surface area (Å²) in [5.74, 6) is 0. The van der Waals surface area contributed by atoms with Gasteiger partial charge in [-0.05, 0) is 40.6 Å². The number of nitrogens with one attached hydrogen (secondary N) is 1. The van der Waals surface area contributed by atoms with Crippen LogP contribution < -0.4 is 5.32 Å². The van der Waals surface area contributed by atoms with E-state index in [-0.39, 0.29) is 0 Å². The van der Waals surface area contributed by atoms with Crippen molar-refractivity contribution in [3.05, 3.63) is 15.9 Å². The van der Waals surface area contributed by atoms with Gasteiger partial charge in [0.15, 0.2) is 0 Å². The molecule has 0 unspecified atom stereocenters. The smallest absolute Gasteiger partial charge is 0.0767 e. The average molecular weight is 328 g/mol. The molecule has 4 heteroatoms. The summed E-state index contributed by atoms with van der Waals surface area (Å²) in [5.41, 5.74) is 2.91. The van der Waals surface area contributed by atoms with E-state index >= 15 is 0 Å². The molecule has 19 heavy (non-hydrogen) atoms. The molecule has 0 radical (unpaired) electrons. The number of hydrogen-bond donors (Lipinski definition) is 1. The first kappa shape index (κ1) is 15.0. The fourth-order valence-electron chi connectivity index (χ4n) is 3.08. The van der Waals surface area contributed by atoms with Crippen molar-refractivity contribution in [1.82, 2.24) is 15.1 Å². The molecule has 1 aromatic rings. The van der Waals surface area contributed by atoms with Crippen molar-refractivity contribution >= 4 is 15.9 Å². The van der Waals surface area contributed by atoms with Crippen LogP contribution >= 0.6 is 15.9 Å². The molecule has 0 bridgehead atoms. The molecule has 1 fully saturated rings. The molecule has 2 rings (SSSR count). The van der Waals surface area contributed by atoms with Gasteiger partial charge in [0.2, 0.25) is 0 Å². The monoisotopic (exact) mass is 327 g/mol. The largest absolute Gasteiger partial charge is 0.311 e. The third-order valence-electron chi connectivity index (χ3n) is 4.41. The summed E-state index contributed by atoms with van der Waals surface area (Å²) in [6.07, 6.45) is 7.93. The van der Waals surface area contributed by atoms with Crippen LogP contribution in [0.25, 0.3) is 0 Å². The molecule has 1 aliphatic rings. The highest BCUT2D eigenvalue weighted by atomic mass is 79.9. The lowest BCUT2D eigenvalue weighted by atomic mass is 9.76. The fourth-order valence-corrected chi connectivity index (χ4v) is 3.83. The molecule has 3 nitrogen and oxygen atoms in total. The van der Waals surface area contributed by atoms with Crippen LogP contribution in [-0.2, 0) is 20.0 Å². The summed E-state index contributed by atoms with van der Waals surface area (Å²) >= 11 is 3.68. The van der Waals surface area contributed by atoms with E-state index in [9.17, 15) is 0 Å². The third kappa shape index (κ3) is 3.60. The van der Waals surface area contributed by atoms with Crippen LogP contribution in [0.2, 0.25) is 0 Å². The van der Waals surface area contributed by atoms with Crippen molar-refractivity contribution in [2.45, 2.75) is 58.9 Å². The van der Waals surface area contributed by atoms with E-state index in [0.29, 0.717) is 5.41 Å². The zero-order chi connectivity index (χ0) is 13.9. The molecule has 0 saturated heterocycles. The Labute approximate surface area is 125 Å². The Morgan fingerprint density at radius 3 is 2.58 bits per heavy atom. The van der Waals surface area contributed by atoms with Crippen molar-refractivity contribution in [1.29, 1.82) is 0 Å². The second-order valence-corrected chi connectivity index (χ2v) is 6.95. The number of aryl methyl sites for hydroxylation is 2. The van der Waals surface area contributed by atoms with Gasteiger partial charge in [0.05, 0.1) is 15.9 Å². The highest BCUT2D eigenvalue weighted by Gasteiger charge is 2.26. The third-order valence-corrected chi connectivity index (χ3v) is 5.32. The lowest BCUT2D eigenvalue weighted by Gasteiger charge is -2.33. The minimum absolute atomic E-state index is 0.497. The lowest BCUT2D eigenvalue weighted by molar-refractivity contribution is 0.207. The molecule has 108 valence electrons. The molecule has 1 aromatic heterocycles. The molecular formula is C15H26BrN3. The summed E-state index contributed by atoms with van der Waals surface area (Å²) in [4.78, 5) is 0. The predicted octanol–water partition coefficient (Wildman–Crippen LogP) is 3.81. The molecule has 0 aliphatic heterocycles. The Bertz CT molecular complexity index is 419. The standard InChI is InChI=1S/C15H26BrN3/c1-4-12-14(16)13(19(3)18-12)10-17-11-15(2)8-6-5-7-9-15/h17H,4-11H2,1-3H3. The topological polar surface area (TPSA) is 29.9 Å². The summed E-state index contributed by atoms with van der Waals surface area (Å²) in [5, 5.41) is 8.18. The molecule has 1 N–H and O–H groups in total. The SMILES string of the molecule is CCc1nn(C)c(CNCC2(C)CCCCC2)c1Br. The zero-order valence-corrected chi connectivity index (χ0v) is 14.0. The lowest BCUT2D eigenvalue weighted by Crippen LogP contribution is -2.33. The number of hydrogen-bond acceptors (Lipinski definition) is 2. The van der Waals surface area contributed by atoms with E-state index in [1.807, 2.05) is 11.7 Å². The molecule has 1 heterocycles. The molecule has 0 atom stereocenters. The van der Waals surface area contributed by atoms with Crippen LogP contribution in [0.3, 0.4) is 0 Å². The van der Waals surface area contributed by atoms with E-state index in [0.717, 1.165) is 25.2 Å². The number of rotatable bonds is 5. The maximum Gasteiger partial charge on any atom is 0.0767 e. The Hall–Kier alpha value is -0.350. The molecule has 0 aromatic carbocycles. The van der Waals surface area contributed by atoms with Crippen LogP contribution in [0.15, 0.2) is 4.47 Å². The van der Waals surface area contributed by atoms with Crippen molar-refractivity contribution in [2.24, 2.45) is 12.5 Å². The van der Waals surface area contributed by atoms with Gasteiger partial charge >= 0.3 is 0 Å². The molecule has 1 aliphatic carbocycles. The minimum Gasteiger partial charge on any atom is -0.311 e. The first-order chi connectivity index (χ1) is 9.06. The Morgan fingerprint density at radius 2 is 2.00 bits per heavy atom. The maximum atomic E-state index is 4.54. The quantitative estimate of drug-likeness (QED) is 0.891. The second-order valence-electron chi connectivity index (χ2n) is 6.16. The zero-order valence-electron chi connectivity index (χ0n) is 12.4. The molecule has 1 saturated carbocycles. The Balaban J connectivity index is 1.90. The first-order valence-corrected chi connectivity index (χ1v) is 8.26. The van der Waals surface area contributed by atoms with Gasteiger partial charge in [0, 0.05) is 20.1 Å². The van der Waals surface area contributed by atoms with Gasteiger partial charge in [-0.25, -0.2) is 0 Å². The highest BCUT2D eigenvalue weighted by Crippen LogP contribution is 2.35. The van der Waals surface area contributed by atoms with Gasteiger partial charge in [0.1, 0.15) is 0 Å². The van der Waals surface area contributed by atoms with E-state index in [2.05, 4.69) is 40.2 Å². The van der Waals surface area contributed by atoms with Gasteiger partial charge in [-0.2, -0.15) is 5.10 Å². The predicted molar refractivity (Wildman–Crippen MR) is 83.2 cm³/mol. The minimum atomic E-state index is 0.497. The van der Waals surface area contributed by atoms with Crippen molar-refractivity contribution < 1.29 is 0 Å². The van der Waals surface area contributed by atoms with E-state index in [4.69, 9.17) is 0 Å². The Kier molecular flexibility index (Phi) is 5.07. The van der Waals surface area contributed by atoms with Gasteiger partial charge in [-0.1, -0.05) is 33.1 Å². The van der Waals surface area contributed by atoms with Crippen molar-refractivity contribution in [3.63, 3.8) is 0 Å². The van der Waals surface area contributed by atoms with E-state index < -0.39 is 0 Å². The van der Waals surface area contributed by atoms with Gasteiger partial charge in [-0.15, -0.1) is 0 Å². The summed E-state index contributed by atoms with van der Waals surface area (Å²) in [6, 6.07) is 0. The van der Waals surface area contributed by atoms with Crippen LogP contribution in [0.4, 0.5) is 0 Å². The number of aromatic nitrogens is 2. The van der Waals surface area contributed by atoms with Crippen LogP contribution in [0, 0.1) is 5.41 Å². The van der Waals surface area contributed by atoms with Crippen LogP contribution in [0.5, 0.6) is 0 Å². The van der Waals surface area contributed by atoms with Gasteiger partial charge in [0.25, 0.3) is 0 Å². The van der Waals surface area contributed by atoms with Crippen LogP contribution in [0.1, 0.15) is 57.3 Å². The van der Waals surface area contributed by atoms with Gasteiger partial charge < -0.3 is 5.32 Å². The summed E-state index contributed by atoms with van der Waals surface area (Å²) < 4.78 is 3.18.